The molecular formula is C15H19N3O6S3. The first kappa shape index (κ1) is 20.1. The van der Waals surface area contributed by atoms with Crippen molar-refractivity contribution in [2.45, 2.75) is 36.0 Å². The second kappa shape index (κ2) is 7.41. The molecule has 0 unspecified atom stereocenters. The molecule has 1 atom stereocenters. The number of thioether (sulfide) groups is 1. The highest BCUT2D eigenvalue weighted by molar-refractivity contribution is 7.99. The van der Waals surface area contributed by atoms with Gasteiger partial charge in [-0.2, -0.15) is 0 Å². The molecule has 0 radical (unpaired) electrons. The van der Waals surface area contributed by atoms with Crippen molar-refractivity contribution in [2.75, 3.05) is 17.3 Å². The summed E-state index contributed by atoms with van der Waals surface area (Å²) < 4.78 is 52.9. The molecule has 9 nitrogen and oxygen atoms in total. The van der Waals surface area contributed by atoms with Gasteiger partial charge in [0.1, 0.15) is 6.10 Å². The number of hydrogen-bond donors (Lipinski definition) is 1. The minimum Gasteiger partial charge on any atom is -0.461 e. The average molecular weight is 434 g/mol. The third-order valence-electron chi connectivity index (χ3n) is 4.14. The molecule has 1 aromatic heterocycles. The highest BCUT2D eigenvalue weighted by atomic mass is 32.2. The number of ether oxygens (including phenoxy) is 1. The number of carbonyl (C=O) groups is 1. The third kappa shape index (κ3) is 4.62. The quantitative estimate of drug-likeness (QED) is 0.514. The molecule has 1 aliphatic heterocycles. The zero-order chi connectivity index (χ0) is 19.8. The van der Waals surface area contributed by atoms with Crippen molar-refractivity contribution in [3.63, 3.8) is 0 Å². The number of aryl methyl sites for hydroxylation is 1. The summed E-state index contributed by atoms with van der Waals surface area (Å²) in [6, 6.07) is 4.43. The lowest BCUT2D eigenvalue weighted by Crippen LogP contribution is -2.20. The highest BCUT2D eigenvalue weighted by Crippen LogP contribution is 2.26. The number of esters is 1. The van der Waals surface area contributed by atoms with Gasteiger partial charge in [-0.15, -0.1) is 0 Å². The fraction of sp³-hybridized carbons (Fsp3) is 0.467. The van der Waals surface area contributed by atoms with Gasteiger partial charge in [0.05, 0.1) is 33.2 Å². The molecule has 2 heterocycles. The Balaban J connectivity index is 1.73. The first-order chi connectivity index (χ1) is 12.6. The van der Waals surface area contributed by atoms with Crippen molar-refractivity contribution in [3.05, 3.63) is 18.2 Å². The molecule has 2 N–H and O–H groups in total. The maximum absolute atomic E-state index is 12.0. The molecule has 3 rings (SSSR count). The van der Waals surface area contributed by atoms with Crippen molar-refractivity contribution in [2.24, 2.45) is 5.14 Å². The number of primary sulfonamides is 1. The maximum atomic E-state index is 12.0. The van der Waals surface area contributed by atoms with Gasteiger partial charge in [-0.05, 0) is 31.5 Å². The van der Waals surface area contributed by atoms with Crippen LogP contribution in [0.15, 0.2) is 28.3 Å². The summed E-state index contributed by atoms with van der Waals surface area (Å²) in [5.41, 5.74) is 1.18. The van der Waals surface area contributed by atoms with Crippen molar-refractivity contribution >= 4 is 48.6 Å². The molecule has 0 saturated carbocycles. The molecule has 0 aliphatic carbocycles. The van der Waals surface area contributed by atoms with E-state index in [1.54, 1.807) is 6.07 Å². The Bertz CT molecular complexity index is 1090. The molecule has 1 saturated heterocycles. The van der Waals surface area contributed by atoms with E-state index in [1.165, 1.54) is 12.1 Å². The fourth-order valence-corrected chi connectivity index (χ4v) is 5.86. The Morgan fingerprint density at radius 3 is 2.78 bits per heavy atom. The van der Waals surface area contributed by atoms with Gasteiger partial charge in [0.2, 0.25) is 10.0 Å². The van der Waals surface area contributed by atoms with Crippen LogP contribution in [0.2, 0.25) is 0 Å². The lowest BCUT2D eigenvalue weighted by Gasteiger charge is -2.10. The molecule has 1 aromatic carbocycles. The van der Waals surface area contributed by atoms with E-state index in [4.69, 9.17) is 9.88 Å². The monoisotopic (exact) mass is 433 g/mol. The van der Waals surface area contributed by atoms with Crippen LogP contribution >= 0.6 is 11.8 Å². The molecule has 0 bridgehead atoms. The van der Waals surface area contributed by atoms with Gasteiger partial charge in [0, 0.05) is 6.54 Å². The smallest absolute Gasteiger partial charge is 0.316 e. The number of benzene rings is 1. The van der Waals surface area contributed by atoms with Crippen molar-refractivity contribution < 1.29 is 26.4 Å². The van der Waals surface area contributed by atoms with Crippen LogP contribution in [0.3, 0.4) is 0 Å². The lowest BCUT2D eigenvalue weighted by molar-refractivity contribution is -0.144. The molecule has 12 heteroatoms. The summed E-state index contributed by atoms with van der Waals surface area (Å²) >= 11 is 1.15. The van der Waals surface area contributed by atoms with Crippen LogP contribution in [-0.4, -0.2) is 55.7 Å². The topological polar surface area (TPSA) is 138 Å². The number of rotatable bonds is 6. The first-order valence-corrected chi connectivity index (χ1v) is 12.5. The minimum absolute atomic E-state index is 0.0259. The molecule has 27 heavy (non-hydrogen) atoms. The Labute approximate surface area is 161 Å². The van der Waals surface area contributed by atoms with Crippen LogP contribution < -0.4 is 5.14 Å². The number of sulfone groups is 1. The Hall–Kier alpha value is -1.63. The summed E-state index contributed by atoms with van der Waals surface area (Å²) in [5, 5.41) is 5.69. The van der Waals surface area contributed by atoms with E-state index in [-0.39, 0.29) is 22.2 Å². The van der Waals surface area contributed by atoms with Gasteiger partial charge >= 0.3 is 5.97 Å². The standard InChI is InChI=1S/C15H19N3O6S3/c1-2-18-13-4-3-11(27(16,22)23)7-12(13)17-15(18)25-8-14(19)24-10-5-6-26(20,21)9-10/h3-4,7,10H,2,5-6,8-9H2,1H3,(H2,16,22,23)/t10-/m1/s1. The van der Waals surface area contributed by atoms with Crippen LogP contribution in [0.1, 0.15) is 13.3 Å². The van der Waals surface area contributed by atoms with Crippen LogP contribution in [0.5, 0.6) is 0 Å². The molecule has 1 aliphatic rings. The first-order valence-electron chi connectivity index (χ1n) is 8.15. The largest absolute Gasteiger partial charge is 0.461 e. The third-order valence-corrected chi connectivity index (χ3v) is 7.74. The van der Waals surface area contributed by atoms with E-state index >= 15 is 0 Å². The van der Waals surface area contributed by atoms with E-state index in [0.29, 0.717) is 23.6 Å². The van der Waals surface area contributed by atoms with Crippen LogP contribution in [-0.2, 0) is 35.9 Å². The van der Waals surface area contributed by atoms with Crippen molar-refractivity contribution in [1.29, 1.82) is 0 Å². The number of carbonyl (C=O) groups excluding carboxylic acids is 1. The van der Waals surface area contributed by atoms with E-state index in [9.17, 15) is 21.6 Å². The highest BCUT2D eigenvalue weighted by Gasteiger charge is 2.30. The summed E-state index contributed by atoms with van der Waals surface area (Å²) in [4.78, 5) is 16.4. The van der Waals surface area contributed by atoms with Gasteiger partial charge in [0.15, 0.2) is 15.0 Å². The van der Waals surface area contributed by atoms with E-state index in [0.717, 1.165) is 17.3 Å². The number of hydrogen-bond acceptors (Lipinski definition) is 8. The summed E-state index contributed by atoms with van der Waals surface area (Å²) in [6.07, 6.45) is -0.270. The van der Waals surface area contributed by atoms with Gasteiger partial charge in [-0.1, -0.05) is 11.8 Å². The van der Waals surface area contributed by atoms with Crippen molar-refractivity contribution in [1.82, 2.24) is 9.55 Å². The average Bonchev–Trinajstić information content (AvgIpc) is 3.10. The van der Waals surface area contributed by atoms with Gasteiger partial charge < -0.3 is 9.30 Å². The van der Waals surface area contributed by atoms with Gasteiger partial charge in [-0.25, -0.2) is 27.0 Å². The Morgan fingerprint density at radius 1 is 1.44 bits per heavy atom. The number of nitrogens with two attached hydrogens (primary N) is 1. The van der Waals surface area contributed by atoms with E-state index < -0.39 is 31.9 Å². The minimum atomic E-state index is -3.83. The number of fused-ring (bicyclic) bond motifs is 1. The lowest BCUT2D eigenvalue weighted by atomic mass is 10.3. The van der Waals surface area contributed by atoms with Gasteiger partial charge in [0.25, 0.3) is 0 Å². The SMILES string of the molecule is CCn1c(SCC(=O)O[C@@H]2CCS(=O)(=O)C2)nc2cc(S(N)(=O)=O)ccc21. The fourth-order valence-electron chi connectivity index (χ4n) is 2.88. The van der Waals surface area contributed by atoms with Crippen molar-refractivity contribution in [3.8, 4) is 0 Å². The number of sulfonamides is 1. The second-order valence-corrected chi connectivity index (χ2v) is 10.9. The molecular weight excluding hydrogens is 414 g/mol. The predicted octanol–water partition coefficient (Wildman–Crippen LogP) is 0.526. The zero-order valence-corrected chi connectivity index (χ0v) is 16.9. The van der Waals surface area contributed by atoms with Gasteiger partial charge in [-0.3, -0.25) is 4.79 Å². The molecule has 0 amide bonds. The Morgan fingerprint density at radius 2 is 2.19 bits per heavy atom. The Kier molecular flexibility index (Phi) is 5.52. The normalized spacial score (nSPS) is 19.4. The molecule has 1 fully saturated rings. The van der Waals surface area contributed by atoms with Crippen LogP contribution in [0.4, 0.5) is 0 Å². The molecule has 0 spiro atoms. The number of imidazole rings is 1. The van der Waals surface area contributed by atoms with E-state index in [2.05, 4.69) is 4.98 Å². The van der Waals surface area contributed by atoms with Crippen LogP contribution in [0.25, 0.3) is 11.0 Å². The molecule has 148 valence electrons. The maximum Gasteiger partial charge on any atom is 0.316 e. The van der Waals surface area contributed by atoms with E-state index in [1.807, 2.05) is 11.5 Å². The summed E-state index contributed by atoms with van der Waals surface area (Å²) in [6.45, 7) is 2.48. The summed E-state index contributed by atoms with van der Waals surface area (Å²) in [7, 11) is -6.94. The predicted molar refractivity (Wildman–Crippen MR) is 101 cm³/mol. The number of aromatic nitrogens is 2. The molecule has 2 aromatic rings. The van der Waals surface area contributed by atoms with Crippen LogP contribution in [0, 0.1) is 0 Å². The zero-order valence-electron chi connectivity index (χ0n) is 14.5. The second-order valence-electron chi connectivity index (χ2n) is 6.14. The summed E-state index contributed by atoms with van der Waals surface area (Å²) in [5.74, 6) is -0.632. The number of nitrogens with zero attached hydrogens (tertiary/aromatic N) is 2.